The first-order valence-electron chi connectivity index (χ1n) is 6.91. The fraction of sp³-hybridized carbons (Fsp3) is 0.600. The normalized spacial score (nSPS) is 13.6. The summed E-state index contributed by atoms with van der Waals surface area (Å²) < 4.78 is 38.2. The van der Waals surface area contributed by atoms with Gasteiger partial charge in [-0.2, -0.15) is 13.2 Å². The van der Waals surface area contributed by atoms with Crippen molar-refractivity contribution in [1.29, 1.82) is 0 Å². The quantitative estimate of drug-likeness (QED) is 0.864. The molecule has 0 amide bonds. The maximum atomic E-state index is 12.7. The van der Waals surface area contributed by atoms with Gasteiger partial charge in [0.05, 0.1) is 0 Å². The van der Waals surface area contributed by atoms with Crippen LogP contribution in [-0.4, -0.2) is 24.8 Å². The van der Waals surface area contributed by atoms with E-state index in [9.17, 15) is 13.2 Å². The van der Waals surface area contributed by atoms with Crippen molar-refractivity contribution in [3.05, 3.63) is 29.8 Å². The summed E-state index contributed by atoms with van der Waals surface area (Å²) in [6.07, 6.45) is -2.83. The van der Waals surface area contributed by atoms with Crippen LogP contribution < -0.4 is 10.6 Å². The third-order valence-electron chi connectivity index (χ3n) is 3.28. The van der Waals surface area contributed by atoms with E-state index in [4.69, 9.17) is 5.73 Å². The Morgan fingerprint density at radius 2 is 1.80 bits per heavy atom. The van der Waals surface area contributed by atoms with Gasteiger partial charge in [-0.3, -0.25) is 0 Å². The van der Waals surface area contributed by atoms with Crippen LogP contribution in [0.25, 0.3) is 0 Å². The molecule has 20 heavy (non-hydrogen) atoms. The Labute approximate surface area is 118 Å². The van der Waals surface area contributed by atoms with Crippen molar-refractivity contribution >= 4 is 5.69 Å². The molecule has 0 saturated carbocycles. The zero-order valence-corrected chi connectivity index (χ0v) is 12.2. The standard InChI is InChI=1S/C15H23F3N2/c1-4-13(19)9-12-7-5-6-8-14(12)20(11(2)3)10-15(16,17)18/h5-8,11,13H,4,9-10,19H2,1-3H3. The molecule has 0 aliphatic rings. The van der Waals surface area contributed by atoms with Crippen LogP contribution in [0.1, 0.15) is 32.8 Å². The number of rotatable bonds is 6. The van der Waals surface area contributed by atoms with Crippen LogP contribution in [-0.2, 0) is 6.42 Å². The maximum absolute atomic E-state index is 12.7. The van der Waals surface area contributed by atoms with Gasteiger partial charge in [-0.15, -0.1) is 0 Å². The molecule has 114 valence electrons. The molecule has 0 aromatic heterocycles. The second-order valence-electron chi connectivity index (χ2n) is 5.34. The molecule has 0 heterocycles. The van der Waals surface area contributed by atoms with Crippen molar-refractivity contribution in [3.8, 4) is 0 Å². The number of halogens is 3. The average Bonchev–Trinajstić information content (AvgIpc) is 2.35. The zero-order chi connectivity index (χ0) is 15.3. The van der Waals surface area contributed by atoms with Crippen molar-refractivity contribution in [2.45, 2.75) is 51.9 Å². The molecule has 0 spiro atoms. The Bertz CT molecular complexity index is 416. The van der Waals surface area contributed by atoms with Crippen molar-refractivity contribution < 1.29 is 13.2 Å². The molecule has 0 radical (unpaired) electrons. The molecule has 0 aliphatic heterocycles. The molecule has 2 nitrogen and oxygen atoms in total. The number of alkyl halides is 3. The highest BCUT2D eigenvalue weighted by atomic mass is 19.4. The SMILES string of the molecule is CCC(N)Cc1ccccc1N(CC(F)(F)F)C(C)C. The summed E-state index contributed by atoms with van der Waals surface area (Å²) in [7, 11) is 0. The first-order chi connectivity index (χ1) is 9.24. The summed E-state index contributed by atoms with van der Waals surface area (Å²) in [5, 5.41) is 0. The third-order valence-corrected chi connectivity index (χ3v) is 3.28. The van der Waals surface area contributed by atoms with Crippen LogP contribution in [0.15, 0.2) is 24.3 Å². The summed E-state index contributed by atoms with van der Waals surface area (Å²) in [6, 6.07) is 6.95. The molecule has 1 unspecified atom stereocenters. The van der Waals surface area contributed by atoms with E-state index in [2.05, 4.69) is 0 Å². The summed E-state index contributed by atoms with van der Waals surface area (Å²) in [5.74, 6) is 0. The van der Waals surface area contributed by atoms with Crippen LogP contribution >= 0.6 is 0 Å². The molecule has 1 rings (SSSR count). The van der Waals surface area contributed by atoms with Crippen LogP contribution in [0, 0.1) is 0 Å². The molecule has 2 N–H and O–H groups in total. The van der Waals surface area contributed by atoms with Crippen molar-refractivity contribution in [3.63, 3.8) is 0 Å². The molecule has 1 aromatic rings. The lowest BCUT2D eigenvalue weighted by atomic mass is 10.0. The van der Waals surface area contributed by atoms with Crippen molar-refractivity contribution in [1.82, 2.24) is 0 Å². The number of para-hydroxylation sites is 1. The monoisotopic (exact) mass is 288 g/mol. The minimum atomic E-state index is -4.22. The highest BCUT2D eigenvalue weighted by Crippen LogP contribution is 2.28. The average molecular weight is 288 g/mol. The van der Waals surface area contributed by atoms with Crippen molar-refractivity contribution in [2.24, 2.45) is 5.73 Å². The van der Waals surface area contributed by atoms with E-state index in [1.165, 1.54) is 4.90 Å². The molecule has 0 aliphatic carbocycles. The summed E-state index contributed by atoms with van der Waals surface area (Å²) in [5.41, 5.74) is 7.44. The Balaban J connectivity index is 3.07. The number of nitrogens with zero attached hydrogens (tertiary/aromatic N) is 1. The van der Waals surface area contributed by atoms with Crippen LogP contribution in [0.5, 0.6) is 0 Å². The third kappa shape index (κ3) is 5.04. The lowest BCUT2D eigenvalue weighted by molar-refractivity contribution is -0.120. The minimum Gasteiger partial charge on any atom is -0.360 e. The van der Waals surface area contributed by atoms with Gasteiger partial charge in [0.25, 0.3) is 0 Å². The van der Waals surface area contributed by atoms with E-state index in [1.807, 2.05) is 19.1 Å². The maximum Gasteiger partial charge on any atom is 0.405 e. The number of benzene rings is 1. The van der Waals surface area contributed by atoms with E-state index in [0.29, 0.717) is 12.1 Å². The number of nitrogens with two attached hydrogens (primary N) is 1. The summed E-state index contributed by atoms with van der Waals surface area (Å²) in [4.78, 5) is 1.39. The summed E-state index contributed by atoms with van der Waals surface area (Å²) >= 11 is 0. The van der Waals surface area contributed by atoms with Crippen LogP contribution in [0.4, 0.5) is 18.9 Å². The van der Waals surface area contributed by atoms with Gasteiger partial charge in [-0.1, -0.05) is 25.1 Å². The molecule has 1 atom stereocenters. The fourth-order valence-electron chi connectivity index (χ4n) is 2.13. The number of anilines is 1. The van der Waals surface area contributed by atoms with E-state index < -0.39 is 12.7 Å². The second-order valence-corrected chi connectivity index (χ2v) is 5.34. The lowest BCUT2D eigenvalue weighted by Crippen LogP contribution is -2.40. The first-order valence-corrected chi connectivity index (χ1v) is 6.91. The van der Waals surface area contributed by atoms with Crippen LogP contribution in [0.3, 0.4) is 0 Å². The Morgan fingerprint density at radius 1 is 1.20 bits per heavy atom. The van der Waals surface area contributed by atoms with Gasteiger partial charge in [0, 0.05) is 17.8 Å². The first kappa shape index (κ1) is 16.8. The van der Waals surface area contributed by atoms with Gasteiger partial charge in [0.1, 0.15) is 6.54 Å². The minimum absolute atomic E-state index is 0.0314. The number of hydrogen-bond acceptors (Lipinski definition) is 2. The lowest BCUT2D eigenvalue weighted by Gasteiger charge is -2.32. The van der Waals surface area contributed by atoms with Gasteiger partial charge in [-0.05, 0) is 38.3 Å². The highest BCUT2D eigenvalue weighted by Gasteiger charge is 2.32. The molecule has 1 aromatic carbocycles. The van der Waals surface area contributed by atoms with Crippen LogP contribution in [0.2, 0.25) is 0 Å². The zero-order valence-electron chi connectivity index (χ0n) is 12.2. The largest absolute Gasteiger partial charge is 0.405 e. The molecular weight excluding hydrogens is 265 g/mol. The van der Waals surface area contributed by atoms with Gasteiger partial charge in [-0.25, -0.2) is 0 Å². The van der Waals surface area contributed by atoms with E-state index in [-0.39, 0.29) is 12.1 Å². The summed E-state index contributed by atoms with van der Waals surface area (Å²) in [6.45, 7) is 4.57. The van der Waals surface area contributed by atoms with E-state index in [1.54, 1.807) is 26.0 Å². The molecule has 0 bridgehead atoms. The van der Waals surface area contributed by atoms with Gasteiger partial charge >= 0.3 is 6.18 Å². The molecule has 0 saturated heterocycles. The Hall–Kier alpha value is -1.23. The Kier molecular flexibility index (Phi) is 5.87. The fourth-order valence-corrected chi connectivity index (χ4v) is 2.13. The predicted molar refractivity (Wildman–Crippen MR) is 76.9 cm³/mol. The molecular formula is C15H23F3N2. The topological polar surface area (TPSA) is 29.3 Å². The van der Waals surface area contributed by atoms with Gasteiger partial charge < -0.3 is 10.6 Å². The van der Waals surface area contributed by atoms with Gasteiger partial charge in [0.15, 0.2) is 0 Å². The Morgan fingerprint density at radius 3 is 2.30 bits per heavy atom. The smallest absolute Gasteiger partial charge is 0.360 e. The molecule has 5 heteroatoms. The number of hydrogen-bond donors (Lipinski definition) is 1. The molecule has 0 fully saturated rings. The van der Waals surface area contributed by atoms with Crippen molar-refractivity contribution in [2.75, 3.05) is 11.4 Å². The highest BCUT2D eigenvalue weighted by molar-refractivity contribution is 5.54. The second kappa shape index (κ2) is 6.97. The predicted octanol–water partition coefficient (Wildman–Crippen LogP) is 3.74. The van der Waals surface area contributed by atoms with E-state index >= 15 is 0 Å². The van der Waals surface area contributed by atoms with Gasteiger partial charge in [0.2, 0.25) is 0 Å². The van der Waals surface area contributed by atoms with E-state index in [0.717, 1.165) is 12.0 Å².